The van der Waals surface area contributed by atoms with Crippen molar-refractivity contribution in [1.82, 2.24) is 0 Å². The third-order valence-electron chi connectivity index (χ3n) is 9.44. The van der Waals surface area contributed by atoms with Gasteiger partial charge in [-0.15, -0.1) is 0 Å². The first kappa shape index (κ1) is 27.4. The molecule has 4 aliphatic carbocycles. The summed E-state index contributed by atoms with van der Waals surface area (Å²) in [6.45, 7) is 0. The molecule has 0 N–H and O–H groups in total. The molecular weight excluding hydrogens is 540 g/mol. The van der Waals surface area contributed by atoms with Crippen LogP contribution < -0.4 is 0 Å². The molecule has 4 aromatic carbocycles. The van der Waals surface area contributed by atoms with E-state index in [1.165, 1.54) is 77.9 Å². The Morgan fingerprint density at radius 1 is 0.489 bits per heavy atom. The average Bonchev–Trinajstić information content (AvgIpc) is 3.54. The van der Waals surface area contributed by atoms with Gasteiger partial charge in [-0.2, -0.15) is 0 Å². The summed E-state index contributed by atoms with van der Waals surface area (Å²) < 4.78 is 0. The third-order valence-corrected chi connectivity index (χ3v) is 9.44. The van der Waals surface area contributed by atoms with Gasteiger partial charge in [0.1, 0.15) is 0 Å². The van der Waals surface area contributed by atoms with Crippen molar-refractivity contribution in [2.75, 3.05) is 0 Å². The fourth-order valence-electron chi connectivity index (χ4n) is 7.25. The van der Waals surface area contributed by atoms with Crippen LogP contribution in [0.2, 0.25) is 0 Å². The molecular formula is C45H36. The van der Waals surface area contributed by atoms with Gasteiger partial charge in [0.05, 0.1) is 0 Å². The summed E-state index contributed by atoms with van der Waals surface area (Å²) in [6, 6.07) is 34.2. The molecule has 8 rings (SSSR count). The van der Waals surface area contributed by atoms with Gasteiger partial charge >= 0.3 is 0 Å². The zero-order valence-corrected chi connectivity index (χ0v) is 25.5. The van der Waals surface area contributed by atoms with Crippen molar-refractivity contribution in [3.63, 3.8) is 0 Å². The minimum atomic E-state index is 0.884. The molecule has 0 atom stereocenters. The Labute approximate surface area is 267 Å². The van der Waals surface area contributed by atoms with E-state index < -0.39 is 0 Å². The van der Waals surface area contributed by atoms with E-state index in [9.17, 15) is 0 Å². The molecule has 45 heavy (non-hydrogen) atoms. The first-order chi connectivity index (χ1) is 22.3. The Morgan fingerprint density at radius 2 is 1.31 bits per heavy atom. The van der Waals surface area contributed by atoms with Crippen LogP contribution in [0.1, 0.15) is 64.6 Å². The molecule has 0 spiro atoms. The largest absolute Gasteiger partial charge is 0.0836 e. The molecule has 4 aliphatic rings. The molecule has 0 aromatic heterocycles. The van der Waals surface area contributed by atoms with Crippen LogP contribution in [0.25, 0.3) is 40.0 Å². The van der Waals surface area contributed by atoms with Crippen molar-refractivity contribution >= 4 is 28.9 Å². The molecule has 0 unspecified atom stereocenters. The van der Waals surface area contributed by atoms with Crippen LogP contribution in [0.5, 0.6) is 0 Å². The van der Waals surface area contributed by atoms with Crippen LogP contribution in [0.15, 0.2) is 157 Å². The Morgan fingerprint density at radius 3 is 2.20 bits per heavy atom. The van der Waals surface area contributed by atoms with Crippen LogP contribution in [0, 0.1) is 0 Å². The summed E-state index contributed by atoms with van der Waals surface area (Å²) in [7, 11) is 0. The molecule has 0 heterocycles. The molecule has 216 valence electrons. The summed E-state index contributed by atoms with van der Waals surface area (Å²) in [5, 5.41) is 0. The predicted octanol–water partition coefficient (Wildman–Crippen LogP) is 11.8. The molecule has 0 radical (unpaired) electrons. The molecule has 0 amide bonds. The fourth-order valence-corrected chi connectivity index (χ4v) is 7.25. The van der Waals surface area contributed by atoms with Crippen molar-refractivity contribution in [3.05, 3.63) is 196 Å². The summed E-state index contributed by atoms with van der Waals surface area (Å²) in [6.07, 6.45) is 30.1. The van der Waals surface area contributed by atoms with E-state index >= 15 is 0 Å². The molecule has 0 saturated heterocycles. The van der Waals surface area contributed by atoms with Crippen LogP contribution >= 0.6 is 0 Å². The highest BCUT2D eigenvalue weighted by Crippen LogP contribution is 2.45. The smallest absolute Gasteiger partial charge is 0.000761 e. The minimum absolute atomic E-state index is 0.884. The SMILES string of the molecule is C1=CCC2=C(c3ccccc3-c3ccc4c(c3)C=CCC=C4)c3ccccc3CC(c3cccc(C4=CCCC=C4)c3)=C2C=C1. The molecule has 0 heteroatoms. The topological polar surface area (TPSA) is 0 Å². The lowest BCUT2D eigenvalue weighted by atomic mass is 9.83. The van der Waals surface area contributed by atoms with Crippen molar-refractivity contribution in [1.29, 1.82) is 0 Å². The van der Waals surface area contributed by atoms with E-state index in [1.807, 2.05) is 0 Å². The lowest BCUT2D eigenvalue weighted by molar-refractivity contribution is 1.04. The number of fused-ring (bicyclic) bond motifs is 3. The summed E-state index contributed by atoms with van der Waals surface area (Å²) in [4.78, 5) is 0. The van der Waals surface area contributed by atoms with Crippen LogP contribution in [-0.4, -0.2) is 0 Å². The zero-order chi connectivity index (χ0) is 30.0. The zero-order valence-electron chi connectivity index (χ0n) is 25.5. The molecule has 4 aromatic rings. The number of hydrogen-bond donors (Lipinski definition) is 0. The second-order valence-electron chi connectivity index (χ2n) is 12.2. The maximum atomic E-state index is 2.41. The lowest BCUT2D eigenvalue weighted by Crippen LogP contribution is -1.99. The normalized spacial score (nSPS) is 16.8. The summed E-state index contributed by atoms with van der Waals surface area (Å²) >= 11 is 0. The van der Waals surface area contributed by atoms with E-state index in [0.29, 0.717) is 0 Å². The second-order valence-corrected chi connectivity index (χ2v) is 12.2. The Kier molecular flexibility index (Phi) is 7.33. The maximum Gasteiger partial charge on any atom is -0.000761 e. The van der Waals surface area contributed by atoms with E-state index in [-0.39, 0.29) is 0 Å². The lowest BCUT2D eigenvalue weighted by Gasteiger charge is -2.20. The number of benzene rings is 4. The predicted molar refractivity (Wildman–Crippen MR) is 193 cm³/mol. The van der Waals surface area contributed by atoms with E-state index in [0.717, 1.165) is 32.1 Å². The van der Waals surface area contributed by atoms with Gasteiger partial charge in [-0.25, -0.2) is 0 Å². The monoisotopic (exact) mass is 576 g/mol. The molecule has 0 fully saturated rings. The number of hydrogen-bond acceptors (Lipinski definition) is 0. The molecule has 0 aliphatic heterocycles. The second kappa shape index (κ2) is 12.1. The van der Waals surface area contributed by atoms with Crippen LogP contribution in [-0.2, 0) is 6.42 Å². The van der Waals surface area contributed by atoms with E-state index in [2.05, 4.69) is 158 Å². The number of rotatable bonds is 4. The van der Waals surface area contributed by atoms with Crippen molar-refractivity contribution in [3.8, 4) is 11.1 Å². The highest BCUT2D eigenvalue weighted by atomic mass is 14.3. The standard InChI is InChI=1S/C45H36/c1-4-15-32(16-5-1)35-20-14-21-36(29-35)44-31-37-19-10-11-23-40(37)45(43-25-9-3-8-24-41(43)44)42-26-13-12-22-39(42)38-28-27-33-17-6-2-7-18-34(33)30-38/h3-4,6-24,26-30H,1-2,5,25,31H2. The van der Waals surface area contributed by atoms with Gasteiger partial charge in [-0.3, -0.25) is 0 Å². The van der Waals surface area contributed by atoms with Crippen LogP contribution in [0.4, 0.5) is 0 Å². The first-order valence-corrected chi connectivity index (χ1v) is 16.3. The van der Waals surface area contributed by atoms with Crippen molar-refractivity contribution in [2.24, 2.45) is 0 Å². The fraction of sp³-hybridized carbons (Fsp3) is 0.111. The number of allylic oxidation sites excluding steroid dienone is 13. The van der Waals surface area contributed by atoms with Crippen molar-refractivity contribution < 1.29 is 0 Å². The van der Waals surface area contributed by atoms with Crippen LogP contribution in [0.3, 0.4) is 0 Å². The molecule has 0 saturated carbocycles. The molecule has 0 nitrogen and oxygen atoms in total. The maximum absolute atomic E-state index is 2.41. The highest BCUT2D eigenvalue weighted by Gasteiger charge is 2.26. The average molecular weight is 577 g/mol. The van der Waals surface area contributed by atoms with Gasteiger partial charge in [0.25, 0.3) is 0 Å². The van der Waals surface area contributed by atoms with Gasteiger partial charge in [0.2, 0.25) is 0 Å². The van der Waals surface area contributed by atoms with Crippen molar-refractivity contribution in [2.45, 2.75) is 32.1 Å². The first-order valence-electron chi connectivity index (χ1n) is 16.3. The van der Waals surface area contributed by atoms with Gasteiger partial charge in [-0.05, 0) is 122 Å². The van der Waals surface area contributed by atoms with Gasteiger partial charge < -0.3 is 0 Å². The molecule has 0 bridgehead atoms. The highest BCUT2D eigenvalue weighted by molar-refractivity contribution is 5.98. The minimum Gasteiger partial charge on any atom is -0.0836 e. The quantitative estimate of drug-likeness (QED) is 0.227. The Balaban J connectivity index is 1.37. The van der Waals surface area contributed by atoms with E-state index in [4.69, 9.17) is 0 Å². The Bertz CT molecular complexity index is 2060. The summed E-state index contributed by atoms with van der Waals surface area (Å²) in [5.74, 6) is 0. The van der Waals surface area contributed by atoms with Gasteiger partial charge in [0.15, 0.2) is 0 Å². The summed E-state index contributed by atoms with van der Waals surface area (Å²) in [5.41, 5.74) is 18.5. The Hall–Kier alpha value is -5.20. The van der Waals surface area contributed by atoms with Gasteiger partial charge in [0, 0.05) is 0 Å². The third kappa shape index (κ3) is 5.28. The van der Waals surface area contributed by atoms with Gasteiger partial charge in [-0.1, -0.05) is 146 Å². The van der Waals surface area contributed by atoms with E-state index in [1.54, 1.807) is 0 Å².